The minimum absolute atomic E-state index is 0.0117. The van der Waals surface area contributed by atoms with Crippen molar-refractivity contribution in [1.29, 1.82) is 0 Å². The van der Waals surface area contributed by atoms with Gasteiger partial charge in [-0.2, -0.15) is 0 Å². The number of phenolic OH excluding ortho intramolecular Hbond substituents is 2. The van der Waals surface area contributed by atoms with Crippen LogP contribution < -0.4 is 9.47 Å². The average molecular weight is 450 g/mol. The third-order valence-electron chi connectivity index (χ3n) is 6.15. The molecule has 174 valence electrons. The van der Waals surface area contributed by atoms with Crippen LogP contribution in [0.5, 0.6) is 23.0 Å². The standard InChI is InChI=1S/C22H26O10/c1-8-9(2)30-13-5-10-4-11(6-12(24)15(10)18(26)16(13)17(8)25)31-22-20(28)19(27)21(29-3)14(7-23)32-22/h4-6,8-9,14,19-24,26-28H,7H2,1-3H3/t8-,9-,14+,19+,20+,21+,22+/m0/s1. The molecule has 0 radical (unpaired) electrons. The Morgan fingerprint density at radius 2 is 1.81 bits per heavy atom. The van der Waals surface area contributed by atoms with Gasteiger partial charge in [-0.3, -0.25) is 4.79 Å². The third kappa shape index (κ3) is 3.54. The van der Waals surface area contributed by atoms with Crippen molar-refractivity contribution in [2.45, 2.75) is 50.7 Å². The normalized spacial score (nSPS) is 32.4. The Hall–Kier alpha value is -2.63. The van der Waals surface area contributed by atoms with E-state index in [-0.39, 0.29) is 34.0 Å². The summed E-state index contributed by atoms with van der Waals surface area (Å²) in [4.78, 5) is 12.7. The van der Waals surface area contributed by atoms with Crippen LogP contribution in [0.3, 0.4) is 0 Å². The van der Waals surface area contributed by atoms with Crippen molar-refractivity contribution in [2.75, 3.05) is 13.7 Å². The van der Waals surface area contributed by atoms with Crippen molar-refractivity contribution in [2.24, 2.45) is 5.92 Å². The van der Waals surface area contributed by atoms with Gasteiger partial charge < -0.3 is 44.5 Å². The largest absolute Gasteiger partial charge is 0.507 e. The van der Waals surface area contributed by atoms with Crippen molar-refractivity contribution < 1.29 is 49.3 Å². The number of hydrogen-bond donors (Lipinski definition) is 5. The highest BCUT2D eigenvalue weighted by Crippen LogP contribution is 2.46. The molecule has 0 unspecified atom stereocenters. The number of Topliss-reactive ketones (excluding diaryl/α,β-unsaturated/α-hetero) is 1. The fraction of sp³-hybridized carbons (Fsp3) is 0.500. The molecule has 5 N–H and O–H groups in total. The van der Waals surface area contributed by atoms with Crippen LogP contribution in [0.4, 0.5) is 0 Å². The van der Waals surface area contributed by atoms with Gasteiger partial charge in [-0.05, 0) is 24.4 Å². The first-order valence-corrected chi connectivity index (χ1v) is 10.2. The SMILES string of the molecule is CO[C@H]1[C@H](O)[C@@H](O)[C@H](Oc2cc(O)c3c(O)c4c(cc3c2)O[C@@H](C)[C@H](C)C4=O)O[C@@H]1CO. The summed E-state index contributed by atoms with van der Waals surface area (Å²) in [6, 6.07) is 4.17. The number of fused-ring (bicyclic) bond motifs is 2. The molecule has 0 aliphatic carbocycles. The zero-order chi connectivity index (χ0) is 23.3. The number of hydrogen-bond acceptors (Lipinski definition) is 10. The van der Waals surface area contributed by atoms with E-state index in [2.05, 4.69) is 0 Å². The first-order chi connectivity index (χ1) is 15.2. The van der Waals surface area contributed by atoms with Crippen LogP contribution in [0.25, 0.3) is 10.8 Å². The lowest BCUT2D eigenvalue weighted by molar-refractivity contribution is -0.281. The minimum atomic E-state index is -1.50. The van der Waals surface area contributed by atoms with E-state index in [1.807, 2.05) is 0 Å². The molecule has 2 heterocycles. The molecule has 2 aliphatic rings. The van der Waals surface area contributed by atoms with Gasteiger partial charge in [0.15, 0.2) is 5.78 Å². The van der Waals surface area contributed by atoms with Crippen molar-refractivity contribution >= 4 is 16.6 Å². The van der Waals surface area contributed by atoms with Crippen LogP contribution >= 0.6 is 0 Å². The van der Waals surface area contributed by atoms with Gasteiger partial charge in [0.05, 0.1) is 17.9 Å². The first kappa shape index (κ1) is 22.6. The predicted octanol–water partition coefficient (Wildman–Crippen LogP) is 0.683. The van der Waals surface area contributed by atoms with E-state index < -0.39 is 55.1 Å². The number of aromatic hydroxyl groups is 2. The molecule has 1 fully saturated rings. The van der Waals surface area contributed by atoms with Crippen molar-refractivity contribution in [3.63, 3.8) is 0 Å². The fourth-order valence-electron chi connectivity index (χ4n) is 4.17. The van der Waals surface area contributed by atoms with Crippen LogP contribution in [0.1, 0.15) is 24.2 Å². The van der Waals surface area contributed by atoms with E-state index in [9.17, 15) is 30.3 Å². The second kappa shape index (κ2) is 8.38. The lowest BCUT2D eigenvalue weighted by Crippen LogP contribution is -2.60. The Labute approximate surface area is 183 Å². The second-order valence-electron chi connectivity index (χ2n) is 8.14. The van der Waals surface area contributed by atoms with Gasteiger partial charge in [-0.15, -0.1) is 0 Å². The van der Waals surface area contributed by atoms with Gasteiger partial charge in [-0.25, -0.2) is 0 Å². The van der Waals surface area contributed by atoms with Gasteiger partial charge in [0, 0.05) is 13.2 Å². The van der Waals surface area contributed by atoms with Crippen LogP contribution in [0.15, 0.2) is 18.2 Å². The molecular formula is C22H26O10. The molecule has 0 saturated carbocycles. The molecule has 2 aromatic carbocycles. The highest BCUT2D eigenvalue weighted by atomic mass is 16.7. The summed E-state index contributed by atoms with van der Waals surface area (Å²) in [5, 5.41) is 51.8. The van der Waals surface area contributed by atoms with Crippen molar-refractivity contribution in [3.05, 3.63) is 23.8 Å². The fourth-order valence-corrected chi connectivity index (χ4v) is 4.17. The summed E-state index contributed by atoms with van der Waals surface area (Å²) in [5.74, 6) is -1.25. The number of aliphatic hydroxyl groups is 3. The number of carbonyl (C=O) groups excluding carboxylic acids is 1. The number of rotatable bonds is 4. The van der Waals surface area contributed by atoms with Crippen molar-refractivity contribution in [3.8, 4) is 23.0 Å². The van der Waals surface area contributed by atoms with E-state index in [0.29, 0.717) is 5.39 Å². The lowest BCUT2D eigenvalue weighted by Gasteiger charge is -2.41. The maximum atomic E-state index is 12.7. The van der Waals surface area contributed by atoms with Crippen LogP contribution in [-0.2, 0) is 9.47 Å². The monoisotopic (exact) mass is 450 g/mol. The topological polar surface area (TPSA) is 155 Å². The molecule has 2 aliphatic heterocycles. The zero-order valence-corrected chi connectivity index (χ0v) is 17.8. The maximum absolute atomic E-state index is 12.7. The first-order valence-electron chi connectivity index (χ1n) is 10.2. The summed E-state index contributed by atoms with van der Waals surface area (Å²) < 4.78 is 22.0. The third-order valence-corrected chi connectivity index (χ3v) is 6.15. The molecule has 10 nitrogen and oxygen atoms in total. The van der Waals surface area contributed by atoms with E-state index in [4.69, 9.17) is 18.9 Å². The number of benzene rings is 2. The van der Waals surface area contributed by atoms with E-state index >= 15 is 0 Å². The smallest absolute Gasteiger partial charge is 0.229 e. The predicted molar refractivity (Wildman–Crippen MR) is 110 cm³/mol. The van der Waals surface area contributed by atoms with E-state index in [1.165, 1.54) is 25.3 Å². The van der Waals surface area contributed by atoms with Gasteiger partial charge in [0.25, 0.3) is 0 Å². The average Bonchev–Trinajstić information content (AvgIpc) is 2.74. The van der Waals surface area contributed by atoms with Crippen LogP contribution in [-0.4, -0.2) is 81.8 Å². The number of ketones is 1. The Morgan fingerprint density at radius 1 is 1.09 bits per heavy atom. The van der Waals surface area contributed by atoms with Gasteiger partial charge in [0.1, 0.15) is 59.1 Å². The maximum Gasteiger partial charge on any atom is 0.229 e. The highest BCUT2D eigenvalue weighted by molar-refractivity contribution is 6.10. The van der Waals surface area contributed by atoms with Gasteiger partial charge >= 0.3 is 0 Å². The molecule has 2 aromatic rings. The summed E-state index contributed by atoms with van der Waals surface area (Å²) in [7, 11) is 1.32. The number of ether oxygens (including phenoxy) is 4. The zero-order valence-electron chi connectivity index (χ0n) is 17.8. The molecule has 4 rings (SSSR count). The molecule has 7 atom stereocenters. The number of aliphatic hydroxyl groups excluding tert-OH is 3. The van der Waals surface area contributed by atoms with Gasteiger partial charge in [-0.1, -0.05) is 6.92 Å². The molecule has 0 amide bonds. The number of phenols is 2. The number of methoxy groups -OCH3 is 1. The molecule has 1 saturated heterocycles. The minimum Gasteiger partial charge on any atom is -0.507 e. The molecular weight excluding hydrogens is 424 g/mol. The quantitative estimate of drug-likeness (QED) is 0.449. The Balaban J connectivity index is 1.70. The second-order valence-corrected chi connectivity index (χ2v) is 8.14. The molecule has 32 heavy (non-hydrogen) atoms. The number of carbonyl (C=O) groups is 1. The Kier molecular flexibility index (Phi) is 5.91. The summed E-state index contributed by atoms with van der Waals surface area (Å²) in [5.41, 5.74) is 0.0117. The van der Waals surface area contributed by atoms with Crippen LogP contribution in [0, 0.1) is 5.92 Å². The molecule has 0 spiro atoms. The highest BCUT2D eigenvalue weighted by Gasteiger charge is 2.46. The molecule has 0 bridgehead atoms. The summed E-state index contributed by atoms with van der Waals surface area (Å²) in [6.07, 6.45) is -6.55. The molecule has 10 heteroatoms. The van der Waals surface area contributed by atoms with Gasteiger partial charge in [0.2, 0.25) is 6.29 Å². The Bertz CT molecular complexity index is 1040. The van der Waals surface area contributed by atoms with E-state index in [0.717, 1.165) is 0 Å². The van der Waals surface area contributed by atoms with Crippen LogP contribution in [0.2, 0.25) is 0 Å². The molecule has 0 aromatic heterocycles. The lowest BCUT2D eigenvalue weighted by atomic mass is 9.89. The summed E-state index contributed by atoms with van der Waals surface area (Å²) in [6.45, 7) is 2.98. The summed E-state index contributed by atoms with van der Waals surface area (Å²) >= 11 is 0. The van der Waals surface area contributed by atoms with Crippen molar-refractivity contribution in [1.82, 2.24) is 0 Å². The Morgan fingerprint density at radius 3 is 2.47 bits per heavy atom. The van der Waals surface area contributed by atoms with E-state index in [1.54, 1.807) is 13.8 Å².